The molecule has 0 spiro atoms. The van der Waals surface area contributed by atoms with Crippen molar-refractivity contribution in [2.45, 2.75) is 12.5 Å². The van der Waals surface area contributed by atoms with Crippen molar-refractivity contribution in [1.82, 2.24) is 19.6 Å². The first-order chi connectivity index (χ1) is 15.0. The summed E-state index contributed by atoms with van der Waals surface area (Å²) in [7, 11) is -2.92. The van der Waals surface area contributed by atoms with Crippen molar-refractivity contribution in [3.8, 4) is 17.1 Å². The molecule has 2 aliphatic rings. The summed E-state index contributed by atoms with van der Waals surface area (Å²) in [5.41, 5.74) is 1.89. The quantitative estimate of drug-likeness (QED) is 0.617. The molecule has 1 unspecified atom stereocenters. The summed E-state index contributed by atoms with van der Waals surface area (Å²) in [4.78, 5) is 17.5. The standard InChI is InChI=1S/C22H24N4O4S/c27-22(25-11-9-24(10-12-25)18-8-14-31(28,29)16-18)20-15-19(21-7-4-13-30-21)23-26(20)17-5-2-1-3-6-17/h1-7,13,15,18H,8-12,14,16H2. The smallest absolute Gasteiger partial charge is 0.272 e. The number of piperazine rings is 1. The van der Waals surface area contributed by atoms with Gasteiger partial charge in [0.15, 0.2) is 15.6 Å². The number of para-hydroxylation sites is 1. The van der Waals surface area contributed by atoms with Crippen LogP contribution in [0.5, 0.6) is 0 Å². The third kappa shape index (κ3) is 4.03. The largest absolute Gasteiger partial charge is 0.463 e. The van der Waals surface area contributed by atoms with Gasteiger partial charge >= 0.3 is 0 Å². The van der Waals surface area contributed by atoms with Crippen LogP contribution in [0.25, 0.3) is 17.1 Å². The van der Waals surface area contributed by atoms with Crippen LogP contribution in [-0.4, -0.2) is 77.6 Å². The van der Waals surface area contributed by atoms with Gasteiger partial charge in [0, 0.05) is 38.3 Å². The summed E-state index contributed by atoms with van der Waals surface area (Å²) in [6.07, 6.45) is 2.27. The van der Waals surface area contributed by atoms with Crippen LogP contribution in [0.4, 0.5) is 0 Å². The Morgan fingerprint density at radius 2 is 1.81 bits per heavy atom. The molecule has 1 aromatic carbocycles. The van der Waals surface area contributed by atoms with E-state index in [1.165, 1.54) is 0 Å². The van der Waals surface area contributed by atoms with Crippen molar-refractivity contribution in [2.75, 3.05) is 37.7 Å². The monoisotopic (exact) mass is 440 g/mol. The number of hydrogen-bond acceptors (Lipinski definition) is 6. The number of hydrogen-bond donors (Lipinski definition) is 0. The topological polar surface area (TPSA) is 88.7 Å². The zero-order chi connectivity index (χ0) is 21.4. The van der Waals surface area contributed by atoms with Gasteiger partial charge in [-0.05, 0) is 30.7 Å². The molecule has 1 atom stereocenters. The van der Waals surface area contributed by atoms with Crippen molar-refractivity contribution in [1.29, 1.82) is 0 Å². The first-order valence-corrected chi connectivity index (χ1v) is 12.3. The van der Waals surface area contributed by atoms with E-state index in [1.54, 1.807) is 23.1 Å². The van der Waals surface area contributed by atoms with Gasteiger partial charge in [-0.3, -0.25) is 9.69 Å². The Balaban J connectivity index is 1.37. The lowest BCUT2D eigenvalue weighted by atomic mass is 10.2. The number of nitrogens with zero attached hydrogens (tertiary/aromatic N) is 4. The average molecular weight is 441 g/mol. The average Bonchev–Trinajstić information content (AvgIpc) is 3.53. The minimum atomic E-state index is -2.92. The maximum Gasteiger partial charge on any atom is 0.272 e. The highest BCUT2D eigenvalue weighted by molar-refractivity contribution is 7.91. The fourth-order valence-corrected chi connectivity index (χ4v) is 6.12. The fraction of sp³-hybridized carbons (Fsp3) is 0.364. The Kier molecular flexibility index (Phi) is 5.15. The van der Waals surface area contributed by atoms with Crippen molar-refractivity contribution in [3.05, 3.63) is 60.5 Å². The fourth-order valence-electron chi connectivity index (χ4n) is 4.36. The van der Waals surface area contributed by atoms with Crippen LogP contribution in [0.15, 0.2) is 59.2 Å². The lowest BCUT2D eigenvalue weighted by Gasteiger charge is -2.37. The molecule has 0 saturated carbocycles. The molecule has 5 rings (SSSR count). The number of sulfone groups is 1. The summed E-state index contributed by atoms with van der Waals surface area (Å²) < 4.78 is 30.8. The van der Waals surface area contributed by atoms with Gasteiger partial charge in [-0.2, -0.15) is 5.10 Å². The molecular formula is C22H24N4O4S. The normalized spacial score (nSPS) is 21.4. The third-order valence-corrected chi connectivity index (χ3v) is 7.78. The molecule has 3 aromatic rings. The van der Waals surface area contributed by atoms with E-state index in [4.69, 9.17) is 4.42 Å². The van der Waals surface area contributed by atoms with Gasteiger partial charge < -0.3 is 9.32 Å². The molecular weight excluding hydrogens is 416 g/mol. The summed E-state index contributed by atoms with van der Waals surface area (Å²) in [5, 5.41) is 4.63. The van der Waals surface area contributed by atoms with Gasteiger partial charge in [-0.25, -0.2) is 13.1 Å². The number of carbonyl (C=O) groups excluding carboxylic acids is 1. The molecule has 0 aliphatic carbocycles. The molecule has 2 saturated heterocycles. The Morgan fingerprint density at radius 1 is 1.03 bits per heavy atom. The first kappa shape index (κ1) is 20.0. The van der Waals surface area contributed by atoms with E-state index in [9.17, 15) is 13.2 Å². The lowest BCUT2D eigenvalue weighted by Crippen LogP contribution is -2.52. The molecule has 0 bridgehead atoms. The predicted molar refractivity (Wildman–Crippen MR) is 116 cm³/mol. The summed E-state index contributed by atoms with van der Waals surface area (Å²) >= 11 is 0. The van der Waals surface area contributed by atoms with Crippen molar-refractivity contribution < 1.29 is 17.6 Å². The molecule has 4 heterocycles. The Bertz CT molecular complexity index is 1160. The second-order valence-electron chi connectivity index (χ2n) is 8.02. The minimum Gasteiger partial charge on any atom is -0.463 e. The van der Waals surface area contributed by atoms with Crippen LogP contribution < -0.4 is 0 Å². The zero-order valence-electron chi connectivity index (χ0n) is 17.1. The third-order valence-electron chi connectivity index (χ3n) is 6.03. The summed E-state index contributed by atoms with van der Waals surface area (Å²) in [6, 6.07) is 15.0. The van der Waals surface area contributed by atoms with E-state index < -0.39 is 9.84 Å². The molecule has 0 radical (unpaired) electrons. The highest BCUT2D eigenvalue weighted by Gasteiger charge is 2.35. The van der Waals surface area contributed by atoms with Gasteiger partial charge in [-0.15, -0.1) is 0 Å². The number of rotatable bonds is 4. The highest BCUT2D eigenvalue weighted by Crippen LogP contribution is 2.24. The van der Waals surface area contributed by atoms with E-state index in [-0.39, 0.29) is 23.5 Å². The van der Waals surface area contributed by atoms with Crippen LogP contribution >= 0.6 is 0 Å². The number of aromatic nitrogens is 2. The van der Waals surface area contributed by atoms with E-state index >= 15 is 0 Å². The zero-order valence-corrected chi connectivity index (χ0v) is 17.9. The van der Waals surface area contributed by atoms with Crippen LogP contribution in [0.2, 0.25) is 0 Å². The molecule has 2 aromatic heterocycles. The van der Waals surface area contributed by atoms with E-state index in [2.05, 4.69) is 10.00 Å². The van der Waals surface area contributed by atoms with Gasteiger partial charge in [0.25, 0.3) is 5.91 Å². The highest BCUT2D eigenvalue weighted by atomic mass is 32.2. The van der Waals surface area contributed by atoms with Crippen LogP contribution in [0.1, 0.15) is 16.9 Å². The summed E-state index contributed by atoms with van der Waals surface area (Å²) in [6.45, 7) is 2.48. The number of benzene rings is 1. The second-order valence-corrected chi connectivity index (χ2v) is 10.3. The first-order valence-electron chi connectivity index (χ1n) is 10.4. The minimum absolute atomic E-state index is 0.0719. The van der Waals surface area contributed by atoms with Crippen molar-refractivity contribution in [2.24, 2.45) is 0 Å². The van der Waals surface area contributed by atoms with E-state index in [1.807, 2.05) is 41.3 Å². The van der Waals surface area contributed by atoms with Crippen molar-refractivity contribution in [3.63, 3.8) is 0 Å². The molecule has 9 heteroatoms. The molecule has 31 heavy (non-hydrogen) atoms. The Hall–Kier alpha value is -2.91. The van der Waals surface area contributed by atoms with Crippen molar-refractivity contribution >= 4 is 15.7 Å². The lowest BCUT2D eigenvalue weighted by molar-refractivity contribution is 0.0579. The van der Waals surface area contributed by atoms with Gasteiger partial charge in [0.05, 0.1) is 23.5 Å². The maximum atomic E-state index is 13.4. The van der Waals surface area contributed by atoms with Gasteiger partial charge in [0.1, 0.15) is 11.4 Å². The molecule has 8 nitrogen and oxygen atoms in total. The molecule has 162 valence electrons. The number of amides is 1. The van der Waals surface area contributed by atoms with Crippen LogP contribution in [0.3, 0.4) is 0 Å². The SMILES string of the molecule is O=C(c1cc(-c2ccco2)nn1-c1ccccc1)N1CCN(C2CCS(=O)(=O)C2)CC1. The van der Waals surface area contributed by atoms with Crippen LogP contribution in [0, 0.1) is 0 Å². The van der Waals surface area contributed by atoms with Gasteiger partial charge in [-0.1, -0.05) is 18.2 Å². The van der Waals surface area contributed by atoms with Crippen LogP contribution in [-0.2, 0) is 9.84 Å². The Labute approximate surface area is 181 Å². The summed E-state index contributed by atoms with van der Waals surface area (Å²) in [5.74, 6) is 1.01. The second kappa shape index (κ2) is 7.97. The maximum absolute atomic E-state index is 13.4. The van der Waals surface area contributed by atoms with Gasteiger partial charge in [0.2, 0.25) is 0 Å². The van der Waals surface area contributed by atoms with E-state index in [0.717, 1.165) is 5.69 Å². The predicted octanol–water partition coefficient (Wildman–Crippen LogP) is 2.08. The molecule has 1 amide bonds. The van der Waals surface area contributed by atoms with E-state index in [0.29, 0.717) is 49.7 Å². The molecule has 0 N–H and O–H groups in total. The Morgan fingerprint density at radius 3 is 2.45 bits per heavy atom. The number of furan rings is 1. The molecule has 2 fully saturated rings. The molecule has 2 aliphatic heterocycles. The number of carbonyl (C=O) groups is 1.